The molecule has 0 atom stereocenters. The summed E-state index contributed by atoms with van der Waals surface area (Å²) < 4.78 is 28.0. The molecule has 2 aliphatic rings. The molecule has 0 bridgehead atoms. The van der Waals surface area contributed by atoms with E-state index in [4.69, 9.17) is 23.2 Å². The van der Waals surface area contributed by atoms with Crippen LogP contribution in [0.5, 0.6) is 0 Å². The van der Waals surface area contributed by atoms with Crippen molar-refractivity contribution >= 4 is 66.4 Å². The lowest BCUT2D eigenvalue weighted by Crippen LogP contribution is -2.46. The largest absolute Gasteiger partial charge is 0.368 e. The predicted molar refractivity (Wildman–Crippen MR) is 227 cm³/mol. The number of piperazine rings is 2. The molecule has 0 amide bonds. The minimum Gasteiger partial charge on any atom is -0.368 e. The van der Waals surface area contributed by atoms with Crippen molar-refractivity contribution in [3.05, 3.63) is 161 Å². The molecular weight excluding hydrogens is 747 g/mol. The van der Waals surface area contributed by atoms with Crippen LogP contribution in [-0.2, 0) is 23.1 Å². The first kappa shape index (κ1) is 37.2. The van der Waals surface area contributed by atoms with E-state index >= 15 is 0 Å². The van der Waals surface area contributed by atoms with Crippen LogP contribution in [0.15, 0.2) is 145 Å². The molecule has 282 valence electrons. The Bertz CT molecular complexity index is 2450. The van der Waals surface area contributed by atoms with Gasteiger partial charge in [0.15, 0.2) is 0 Å². The van der Waals surface area contributed by atoms with Crippen LogP contribution in [0, 0.1) is 0 Å². The van der Waals surface area contributed by atoms with Crippen LogP contribution < -0.4 is 9.80 Å². The third-order valence-electron chi connectivity index (χ3n) is 10.6. The van der Waals surface area contributed by atoms with E-state index in [0.717, 1.165) is 76.5 Å². The molecule has 0 unspecified atom stereocenters. The first-order valence-corrected chi connectivity index (χ1v) is 20.9. The van der Waals surface area contributed by atoms with E-state index in [1.165, 1.54) is 49.9 Å². The van der Waals surface area contributed by atoms with Gasteiger partial charge in [-0.3, -0.25) is 9.80 Å². The lowest BCUT2D eigenvalue weighted by molar-refractivity contribution is 0.250. The molecule has 2 aliphatic heterocycles. The molecule has 2 saturated heterocycles. The minimum atomic E-state index is -3.84. The molecule has 8 nitrogen and oxygen atoms in total. The Labute approximate surface area is 333 Å². The van der Waals surface area contributed by atoms with Gasteiger partial charge in [-0.1, -0.05) is 96.0 Å². The maximum absolute atomic E-state index is 13.3. The van der Waals surface area contributed by atoms with Crippen LogP contribution in [0.3, 0.4) is 0 Å². The summed E-state index contributed by atoms with van der Waals surface area (Å²) in [5.41, 5.74) is 6.99. The molecule has 4 heterocycles. The van der Waals surface area contributed by atoms with Crippen molar-refractivity contribution in [1.82, 2.24) is 18.8 Å². The number of aromatic nitrogens is 2. The first-order chi connectivity index (χ1) is 26.8. The molecule has 7 aromatic rings. The molecular formula is C44H44Cl2N6O2S. The van der Waals surface area contributed by atoms with Gasteiger partial charge in [0.05, 0.1) is 10.4 Å². The van der Waals surface area contributed by atoms with Gasteiger partial charge in [0.2, 0.25) is 0 Å². The van der Waals surface area contributed by atoms with E-state index < -0.39 is 10.0 Å². The van der Waals surface area contributed by atoms with E-state index in [9.17, 15) is 8.42 Å². The highest BCUT2D eigenvalue weighted by atomic mass is 35.5. The summed E-state index contributed by atoms with van der Waals surface area (Å²) in [5, 5.41) is 2.81. The van der Waals surface area contributed by atoms with Gasteiger partial charge in [-0.2, -0.15) is 0 Å². The summed E-state index contributed by atoms with van der Waals surface area (Å²) in [6.45, 7) is 10.1. The van der Waals surface area contributed by atoms with Crippen LogP contribution in [0.1, 0.15) is 11.1 Å². The molecule has 1 N–H and O–H groups in total. The summed E-state index contributed by atoms with van der Waals surface area (Å²) in [6.07, 6.45) is 3.63. The average Bonchev–Trinajstić information content (AvgIpc) is 3.88. The Morgan fingerprint density at radius 1 is 0.545 bits per heavy atom. The summed E-state index contributed by atoms with van der Waals surface area (Å²) in [4.78, 5) is 13.2. The van der Waals surface area contributed by atoms with Gasteiger partial charge >= 0.3 is 0 Å². The number of aromatic amines is 1. The maximum Gasteiger partial charge on any atom is 0.268 e. The Balaban J connectivity index is 0.000000168. The zero-order valence-electron chi connectivity index (χ0n) is 30.6. The first-order valence-electron chi connectivity index (χ1n) is 18.7. The molecule has 0 radical (unpaired) electrons. The van der Waals surface area contributed by atoms with Crippen molar-refractivity contribution in [3.8, 4) is 0 Å². The number of rotatable bonds is 8. The van der Waals surface area contributed by atoms with Gasteiger partial charge in [0.25, 0.3) is 10.0 Å². The third-order valence-corrected chi connectivity index (χ3v) is 12.7. The second kappa shape index (κ2) is 16.5. The molecule has 5 aromatic carbocycles. The lowest BCUT2D eigenvalue weighted by atomic mass is 10.1. The number of anilines is 2. The molecule has 9 rings (SSSR count). The number of fused-ring (bicyclic) bond motifs is 2. The van der Waals surface area contributed by atoms with Crippen LogP contribution >= 0.6 is 23.2 Å². The monoisotopic (exact) mass is 790 g/mol. The van der Waals surface area contributed by atoms with E-state index in [0.29, 0.717) is 5.52 Å². The number of hydrogen-bond donors (Lipinski definition) is 1. The van der Waals surface area contributed by atoms with Gasteiger partial charge in [-0.25, -0.2) is 12.4 Å². The number of benzene rings is 5. The highest BCUT2D eigenvalue weighted by molar-refractivity contribution is 7.90. The molecule has 11 heteroatoms. The Morgan fingerprint density at radius 2 is 1.07 bits per heavy atom. The number of nitrogens with zero attached hydrogens (tertiary/aromatic N) is 5. The zero-order chi connectivity index (χ0) is 37.8. The van der Waals surface area contributed by atoms with Crippen LogP contribution in [-0.4, -0.2) is 79.5 Å². The summed E-state index contributed by atoms with van der Waals surface area (Å²) in [6, 6.07) is 42.0. The Kier molecular flexibility index (Phi) is 11.2. The zero-order valence-corrected chi connectivity index (χ0v) is 32.9. The fraction of sp³-hybridized carbons (Fsp3) is 0.227. The third kappa shape index (κ3) is 8.42. The van der Waals surface area contributed by atoms with Gasteiger partial charge in [0, 0.05) is 116 Å². The van der Waals surface area contributed by atoms with Crippen molar-refractivity contribution in [2.45, 2.75) is 18.0 Å². The van der Waals surface area contributed by atoms with Crippen molar-refractivity contribution in [2.24, 2.45) is 0 Å². The van der Waals surface area contributed by atoms with Gasteiger partial charge in [0.1, 0.15) is 0 Å². The van der Waals surface area contributed by atoms with E-state index in [1.807, 2.05) is 30.5 Å². The smallest absolute Gasteiger partial charge is 0.268 e. The minimum absolute atomic E-state index is 0.0671. The van der Waals surface area contributed by atoms with Crippen molar-refractivity contribution < 1.29 is 8.42 Å². The van der Waals surface area contributed by atoms with E-state index in [1.54, 1.807) is 6.20 Å². The Morgan fingerprint density at radius 3 is 1.64 bits per heavy atom. The normalized spacial score (nSPS) is 15.7. The quantitative estimate of drug-likeness (QED) is 0.166. The van der Waals surface area contributed by atoms with Gasteiger partial charge in [-0.15, -0.1) is 0 Å². The number of nitrogens with one attached hydrogen (secondary N) is 1. The second-order valence-corrected chi connectivity index (χ2v) is 16.8. The van der Waals surface area contributed by atoms with Crippen molar-refractivity contribution in [3.63, 3.8) is 0 Å². The molecule has 0 aliphatic carbocycles. The second-order valence-electron chi connectivity index (χ2n) is 14.1. The standard InChI is InChI=1S/C25H23Cl2N3O2S.C19H21N3/c26-20-15-21(27)17-22(16-20)33(31,32)30-10-9-23-24(7-4-8-25(23)30)29-13-11-28(12-14-29)18-19-5-2-1-3-6-19;1-2-5-16(6-3-1)15-21-11-13-22(14-12-21)19-8-4-7-18-17(19)9-10-20-18/h1-10,15-17H,11-14,18H2;1-10,20H,11-15H2. The average molecular weight is 792 g/mol. The fourth-order valence-electron chi connectivity index (χ4n) is 7.72. The highest BCUT2D eigenvalue weighted by Crippen LogP contribution is 2.32. The fourth-order valence-corrected chi connectivity index (χ4v) is 9.80. The van der Waals surface area contributed by atoms with Gasteiger partial charge < -0.3 is 14.8 Å². The topological polar surface area (TPSA) is 67.8 Å². The molecule has 0 saturated carbocycles. The molecule has 0 spiro atoms. The van der Waals surface area contributed by atoms with Crippen LogP contribution in [0.2, 0.25) is 10.0 Å². The van der Waals surface area contributed by atoms with E-state index in [2.05, 4.69) is 110 Å². The molecule has 2 fully saturated rings. The summed E-state index contributed by atoms with van der Waals surface area (Å²) in [7, 11) is -3.84. The number of hydrogen-bond acceptors (Lipinski definition) is 6. The van der Waals surface area contributed by atoms with Crippen molar-refractivity contribution in [1.29, 1.82) is 0 Å². The van der Waals surface area contributed by atoms with Crippen LogP contribution in [0.25, 0.3) is 21.8 Å². The SMILES string of the molecule is O=S(=O)(c1cc(Cl)cc(Cl)c1)n1ccc2c(N3CCN(Cc4ccccc4)CC3)cccc21.c1ccc(CN2CCN(c3cccc4[nH]ccc34)CC2)cc1. The van der Waals surface area contributed by atoms with Crippen molar-refractivity contribution in [2.75, 3.05) is 62.2 Å². The summed E-state index contributed by atoms with van der Waals surface area (Å²) >= 11 is 12.1. The Hall–Kier alpha value is -4.77. The van der Waals surface area contributed by atoms with Crippen LogP contribution in [0.4, 0.5) is 11.4 Å². The number of H-pyrrole nitrogens is 1. The molecule has 55 heavy (non-hydrogen) atoms. The lowest BCUT2D eigenvalue weighted by Gasteiger charge is -2.36. The predicted octanol–water partition coefficient (Wildman–Crippen LogP) is 9.00. The van der Waals surface area contributed by atoms with E-state index in [-0.39, 0.29) is 14.9 Å². The number of halogens is 2. The maximum atomic E-state index is 13.3. The molecule has 2 aromatic heterocycles. The highest BCUT2D eigenvalue weighted by Gasteiger charge is 2.24. The summed E-state index contributed by atoms with van der Waals surface area (Å²) in [5.74, 6) is 0. The van der Waals surface area contributed by atoms with Gasteiger partial charge in [-0.05, 0) is 65.7 Å².